The third-order valence-corrected chi connectivity index (χ3v) is 4.44. The Labute approximate surface area is 129 Å². The van der Waals surface area contributed by atoms with Crippen LogP contribution in [0.4, 0.5) is 20.2 Å². The highest BCUT2D eigenvalue weighted by Gasteiger charge is 2.25. The van der Waals surface area contributed by atoms with Crippen LogP contribution in [-0.2, 0) is 10.0 Å². The SMILES string of the molecule is Nc1cc(F)c(S(=O)(=O)Nc2cc(Cl)ccc2Cl)c(F)c1. The third-order valence-electron chi connectivity index (χ3n) is 2.46. The summed E-state index contributed by atoms with van der Waals surface area (Å²) in [6.07, 6.45) is 0. The van der Waals surface area contributed by atoms with Crippen molar-refractivity contribution in [1.29, 1.82) is 0 Å². The van der Waals surface area contributed by atoms with E-state index in [9.17, 15) is 17.2 Å². The highest BCUT2D eigenvalue weighted by molar-refractivity contribution is 7.92. The smallest absolute Gasteiger partial charge is 0.267 e. The van der Waals surface area contributed by atoms with Crippen molar-refractivity contribution >= 4 is 44.6 Å². The van der Waals surface area contributed by atoms with Crippen LogP contribution in [0.3, 0.4) is 0 Å². The summed E-state index contributed by atoms with van der Waals surface area (Å²) in [5.41, 5.74) is 4.91. The van der Waals surface area contributed by atoms with E-state index >= 15 is 0 Å². The Bertz CT molecular complexity index is 790. The average molecular weight is 353 g/mol. The monoisotopic (exact) mass is 352 g/mol. The molecule has 0 aliphatic heterocycles. The summed E-state index contributed by atoms with van der Waals surface area (Å²) in [5.74, 6) is -2.61. The fraction of sp³-hybridized carbons (Fsp3) is 0. The van der Waals surface area contributed by atoms with Crippen molar-refractivity contribution in [3.8, 4) is 0 Å². The molecular weight excluding hydrogens is 345 g/mol. The average Bonchev–Trinajstić information content (AvgIpc) is 2.31. The van der Waals surface area contributed by atoms with Gasteiger partial charge in [-0.1, -0.05) is 23.2 Å². The number of anilines is 2. The molecule has 0 fully saturated rings. The van der Waals surface area contributed by atoms with Gasteiger partial charge in [0, 0.05) is 10.7 Å². The van der Waals surface area contributed by atoms with Crippen molar-refractivity contribution in [2.45, 2.75) is 4.90 Å². The zero-order valence-corrected chi connectivity index (χ0v) is 12.5. The van der Waals surface area contributed by atoms with Crippen molar-refractivity contribution in [3.63, 3.8) is 0 Å². The minimum absolute atomic E-state index is 0.0271. The molecule has 0 aliphatic carbocycles. The lowest BCUT2D eigenvalue weighted by Gasteiger charge is -2.11. The Balaban J connectivity index is 2.51. The molecule has 0 unspecified atom stereocenters. The van der Waals surface area contributed by atoms with Gasteiger partial charge in [0.25, 0.3) is 10.0 Å². The number of rotatable bonds is 3. The minimum Gasteiger partial charge on any atom is -0.399 e. The van der Waals surface area contributed by atoms with Crippen LogP contribution in [0.5, 0.6) is 0 Å². The molecule has 0 aromatic heterocycles. The fourth-order valence-electron chi connectivity index (χ4n) is 1.61. The van der Waals surface area contributed by atoms with E-state index in [4.69, 9.17) is 28.9 Å². The summed E-state index contributed by atoms with van der Waals surface area (Å²) in [5, 5.41) is 0.231. The first-order valence-electron chi connectivity index (χ1n) is 5.43. The van der Waals surface area contributed by atoms with Gasteiger partial charge in [0.2, 0.25) is 0 Å². The first-order chi connectivity index (χ1) is 9.70. The van der Waals surface area contributed by atoms with Crippen LogP contribution in [0.25, 0.3) is 0 Å². The van der Waals surface area contributed by atoms with Crippen LogP contribution >= 0.6 is 23.2 Å². The summed E-state index contributed by atoms with van der Waals surface area (Å²) >= 11 is 11.5. The van der Waals surface area contributed by atoms with E-state index in [0.717, 1.165) is 0 Å². The Morgan fingerprint density at radius 3 is 2.19 bits per heavy atom. The highest BCUT2D eigenvalue weighted by atomic mass is 35.5. The molecular formula is C12H8Cl2F2N2O2S. The second-order valence-electron chi connectivity index (χ2n) is 4.04. The zero-order valence-electron chi connectivity index (χ0n) is 10.2. The van der Waals surface area contributed by atoms with Gasteiger partial charge < -0.3 is 5.73 Å². The summed E-state index contributed by atoms with van der Waals surface area (Å²) in [6.45, 7) is 0. The maximum atomic E-state index is 13.7. The molecule has 4 nitrogen and oxygen atoms in total. The van der Waals surface area contributed by atoms with E-state index in [-0.39, 0.29) is 21.4 Å². The summed E-state index contributed by atoms with van der Waals surface area (Å²) in [4.78, 5) is -1.15. The lowest BCUT2D eigenvalue weighted by Crippen LogP contribution is -2.17. The summed E-state index contributed by atoms with van der Waals surface area (Å²) < 4.78 is 53.5. The molecule has 2 rings (SSSR count). The molecule has 0 saturated heterocycles. The number of nitrogens with one attached hydrogen (secondary N) is 1. The molecule has 0 amide bonds. The molecule has 0 heterocycles. The molecule has 9 heteroatoms. The summed E-state index contributed by atoms with van der Waals surface area (Å²) in [6, 6.07) is 5.41. The number of hydrogen-bond donors (Lipinski definition) is 2. The van der Waals surface area contributed by atoms with Gasteiger partial charge in [-0.25, -0.2) is 17.2 Å². The first-order valence-corrected chi connectivity index (χ1v) is 7.67. The third kappa shape index (κ3) is 3.37. The summed E-state index contributed by atoms with van der Waals surface area (Å²) in [7, 11) is -4.53. The van der Waals surface area contributed by atoms with Gasteiger partial charge in [0.1, 0.15) is 11.6 Å². The van der Waals surface area contributed by atoms with E-state index in [1.165, 1.54) is 18.2 Å². The number of nitrogen functional groups attached to an aromatic ring is 1. The minimum atomic E-state index is -4.53. The molecule has 112 valence electrons. The second kappa shape index (κ2) is 5.67. The molecule has 0 bridgehead atoms. The lowest BCUT2D eigenvalue weighted by atomic mass is 10.3. The molecule has 2 aromatic rings. The van der Waals surface area contributed by atoms with Crippen molar-refractivity contribution in [3.05, 3.63) is 52.0 Å². The van der Waals surface area contributed by atoms with Crippen LogP contribution < -0.4 is 10.5 Å². The molecule has 0 spiro atoms. The van der Waals surface area contributed by atoms with Gasteiger partial charge in [-0.15, -0.1) is 0 Å². The van der Waals surface area contributed by atoms with Crippen LogP contribution in [-0.4, -0.2) is 8.42 Å². The molecule has 3 N–H and O–H groups in total. The van der Waals surface area contributed by atoms with Crippen molar-refractivity contribution in [2.24, 2.45) is 0 Å². The Kier molecular flexibility index (Phi) is 4.27. The van der Waals surface area contributed by atoms with Crippen LogP contribution in [0.15, 0.2) is 35.2 Å². The number of sulfonamides is 1. The van der Waals surface area contributed by atoms with E-state index in [1.54, 1.807) is 0 Å². The quantitative estimate of drug-likeness (QED) is 0.828. The first kappa shape index (κ1) is 15.8. The highest BCUT2D eigenvalue weighted by Crippen LogP contribution is 2.29. The second-order valence-corrected chi connectivity index (χ2v) is 6.51. The van der Waals surface area contributed by atoms with Gasteiger partial charge in [-0.2, -0.15) is 0 Å². The fourth-order valence-corrected chi connectivity index (χ4v) is 3.19. The van der Waals surface area contributed by atoms with E-state index in [0.29, 0.717) is 12.1 Å². The predicted octanol–water partition coefficient (Wildman–Crippen LogP) is 3.65. The van der Waals surface area contributed by atoms with Crippen LogP contribution in [0.2, 0.25) is 10.0 Å². The van der Waals surface area contributed by atoms with Gasteiger partial charge >= 0.3 is 0 Å². The van der Waals surface area contributed by atoms with Crippen LogP contribution in [0.1, 0.15) is 0 Å². The molecule has 2 aromatic carbocycles. The molecule has 0 saturated carbocycles. The number of hydrogen-bond acceptors (Lipinski definition) is 3. The maximum absolute atomic E-state index is 13.7. The van der Waals surface area contributed by atoms with Gasteiger partial charge in [-0.05, 0) is 30.3 Å². The van der Waals surface area contributed by atoms with Crippen molar-refractivity contribution in [1.82, 2.24) is 0 Å². The lowest BCUT2D eigenvalue weighted by molar-refractivity contribution is 0.522. The molecule has 21 heavy (non-hydrogen) atoms. The maximum Gasteiger partial charge on any atom is 0.267 e. The standard InChI is InChI=1S/C12H8Cl2F2N2O2S/c13-6-1-2-8(14)11(3-6)18-21(19,20)12-9(15)4-7(17)5-10(12)16/h1-5,18H,17H2. The molecule has 0 atom stereocenters. The van der Waals surface area contributed by atoms with E-state index in [2.05, 4.69) is 0 Å². The van der Waals surface area contributed by atoms with Gasteiger partial charge in [0.05, 0.1) is 10.7 Å². The van der Waals surface area contributed by atoms with Crippen molar-refractivity contribution < 1.29 is 17.2 Å². The predicted molar refractivity (Wildman–Crippen MR) is 78.0 cm³/mol. The molecule has 0 radical (unpaired) electrons. The normalized spacial score (nSPS) is 11.4. The number of nitrogens with two attached hydrogens (primary N) is 1. The van der Waals surface area contributed by atoms with Crippen LogP contribution in [0, 0.1) is 11.6 Å². The van der Waals surface area contributed by atoms with Crippen molar-refractivity contribution in [2.75, 3.05) is 10.5 Å². The van der Waals surface area contributed by atoms with E-state index < -0.39 is 26.6 Å². The van der Waals surface area contributed by atoms with Gasteiger partial charge in [0.15, 0.2) is 4.90 Å². The zero-order chi connectivity index (χ0) is 15.8. The number of benzene rings is 2. The van der Waals surface area contributed by atoms with Gasteiger partial charge in [-0.3, -0.25) is 4.72 Å². The molecule has 0 aliphatic rings. The Morgan fingerprint density at radius 1 is 1.05 bits per heavy atom. The number of halogens is 4. The largest absolute Gasteiger partial charge is 0.399 e. The van der Waals surface area contributed by atoms with E-state index in [1.807, 2.05) is 4.72 Å². The Hall–Kier alpha value is -1.57. The Morgan fingerprint density at radius 2 is 1.62 bits per heavy atom. The topological polar surface area (TPSA) is 72.2 Å².